The predicted octanol–water partition coefficient (Wildman–Crippen LogP) is 2.66. The van der Waals surface area contributed by atoms with Crippen LogP contribution in [0.25, 0.3) is 0 Å². The lowest BCUT2D eigenvalue weighted by Gasteiger charge is -2.24. The summed E-state index contributed by atoms with van der Waals surface area (Å²) >= 11 is 0. The van der Waals surface area contributed by atoms with Crippen LogP contribution in [-0.2, 0) is 10.9 Å². The van der Waals surface area contributed by atoms with Crippen molar-refractivity contribution in [2.24, 2.45) is 0 Å². The molecule has 1 aromatic rings. The van der Waals surface area contributed by atoms with E-state index in [1.54, 1.807) is 7.05 Å². The Morgan fingerprint density at radius 2 is 2.10 bits per heavy atom. The average Bonchev–Trinajstić information content (AvgIpc) is 2.83. The monoisotopic (exact) mass is 302 g/mol. The highest BCUT2D eigenvalue weighted by Gasteiger charge is 2.34. The van der Waals surface area contributed by atoms with Gasteiger partial charge in [0.15, 0.2) is 0 Å². The minimum Gasteiger partial charge on any atom is -0.387 e. The fraction of sp³-hybridized carbons (Fsp3) is 0.500. The number of hydrogen-bond donors (Lipinski definition) is 2. The number of ether oxygens (including phenoxy) is 1. The molecule has 21 heavy (non-hydrogen) atoms. The highest BCUT2D eigenvalue weighted by atomic mass is 19.4. The first-order valence-corrected chi connectivity index (χ1v) is 6.54. The van der Waals surface area contributed by atoms with E-state index in [1.807, 2.05) is 6.92 Å². The molecule has 1 heterocycles. The summed E-state index contributed by atoms with van der Waals surface area (Å²) in [7, 11) is 1.56. The summed E-state index contributed by atoms with van der Waals surface area (Å²) in [6, 6.07) is 3.06. The van der Waals surface area contributed by atoms with Gasteiger partial charge in [0.2, 0.25) is 0 Å². The lowest BCUT2D eigenvalue weighted by atomic mass is 10.00. The second-order valence-electron chi connectivity index (χ2n) is 5.33. The molecule has 1 saturated heterocycles. The van der Waals surface area contributed by atoms with E-state index >= 15 is 0 Å². The van der Waals surface area contributed by atoms with Crippen molar-refractivity contribution < 1.29 is 22.7 Å². The first kappa shape index (κ1) is 15.6. The van der Waals surface area contributed by atoms with Crippen molar-refractivity contribution in [1.82, 2.24) is 5.32 Å². The number of benzene rings is 1. The van der Waals surface area contributed by atoms with Crippen LogP contribution in [0.1, 0.15) is 29.3 Å². The zero-order chi connectivity index (χ0) is 15.7. The highest BCUT2D eigenvalue weighted by Crippen LogP contribution is 2.32. The molecule has 0 radical (unpaired) electrons. The van der Waals surface area contributed by atoms with Crippen molar-refractivity contribution in [3.63, 3.8) is 0 Å². The van der Waals surface area contributed by atoms with Crippen molar-refractivity contribution in [2.45, 2.75) is 25.1 Å². The Morgan fingerprint density at radius 3 is 2.62 bits per heavy atom. The SMILES string of the molecule is CNc1ccc(C(F)(F)F)cc1C(=O)NC1(C)CCOC1. The van der Waals surface area contributed by atoms with Crippen LogP contribution in [-0.4, -0.2) is 31.7 Å². The quantitative estimate of drug-likeness (QED) is 0.902. The molecule has 1 aliphatic heterocycles. The van der Waals surface area contributed by atoms with Gasteiger partial charge in [0.25, 0.3) is 5.91 Å². The molecule has 4 nitrogen and oxygen atoms in total. The topological polar surface area (TPSA) is 50.4 Å². The average molecular weight is 302 g/mol. The smallest absolute Gasteiger partial charge is 0.387 e. The van der Waals surface area contributed by atoms with Crippen LogP contribution < -0.4 is 10.6 Å². The number of carbonyl (C=O) groups is 1. The maximum absolute atomic E-state index is 12.8. The van der Waals surface area contributed by atoms with Crippen molar-refractivity contribution in [2.75, 3.05) is 25.6 Å². The van der Waals surface area contributed by atoms with Crippen LogP contribution in [0.4, 0.5) is 18.9 Å². The second-order valence-corrected chi connectivity index (χ2v) is 5.33. The molecule has 0 saturated carbocycles. The number of amides is 1. The molecule has 0 bridgehead atoms. The maximum Gasteiger partial charge on any atom is 0.416 e. The normalized spacial score (nSPS) is 22.1. The van der Waals surface area contributed by atoms with Crippen LogP contribution in [0, 0.1) is 0 Å². The van der Waals surface area contributed by atoms with Crippen molar-refractivity contribution in [1.29, 1.82) is 0 Å². The molecule has 1 aromatic carbocycles. The van der Waals surface area contributed by atoms with Gasteiger partial charge < -0.3 is 15.4 Å². The molecule has 1 aliphatic rings. The third-order valence-corrected chi connectivity index (χ3v) is 3.49. The predicted molar refractivity (Wildman–Crippen MR) is 72.3 cm³/mol. The lowest BCUT2D eigenvalue weighted by molar-refractivity contribution is -0.137. The Morgan fingerprint density at radius 1 is 1.38 bits per heavy atom. The zero-order valence-corrected chi connectivity index (χ0v) is 11.8. The van der Waals surface area contributed by atoms with E-state index in [4.69, 9.17) is 4.74 Å². The van der Waals surface area contributed by atoms with Gasteiger partial charge in [-0.25, -0.2) is 0 Å². The van der Waals surface area contributed by atoms with Gasteiger partial charge in [-0.3, -0.25) is 4.79 Å². The van der Waals surface area contributed by atoms with Crippen LogP contribution in [0.3, 0.4) is 0 Å². The zero-order valence-electron chi connectivity index (χ0n) is 11.8. The van der Waals surface area contributed by atoms with Gasteiger partial charge in [0.1, 0.15) is 0 Å². The first-order chi connectivity index (χ1) is 9.75. The van der Waals surface area contributed by atoms with Crippen LogP contribution >= 0.6 is 0 Å². The van der Waals surface area contributed by atoms with Gasteiger partial charge in [-0.2, -0.15) is 13.2 Å². The third-order valence-electron chi connectivity index (χ3n) is 3.49. The largest absolute Gasteiger partial charge is 0.416 e. The van der Waals surface area contributed by atoms with Gasteiger partial charge in [0, 0.05) is 19.3 Å². The molecule has 7 heteroatoms. The van der Waals surface area contributed by atoms with Gasteiger partial charge in [0.05, 0.1) is 23.3 Å². The van der Waals surface area contributed by atoms with Gasteiger partial charge >= 0.3 is 6.18 Å². The molecule has 1 fully saturated rings. The third kappa shape index (κ3) is 3.47. The molecule has 0 aliphatic carbocycles. The molecule has 116 valence electrons. The van der Waals surface area contributed by atoms with E-state index in [-0.39, 0.29) is 5.56 Å². The Kier molecular flexibility index (Phi) is 4.13. The Bertz CT molecular complexity index is 538. The van der Waals surface area contributed by atoms with Crippen LogP contribution in [0.15, 0.2) is 18.2 Å². The fourth-order valence-electron chi connectivity index (χ4n) is 2.23. The summed E-state index contributed by atoms with van der Waals surface area (Å²) < 4.78 is 43.5. The molecular weight excluding hydrogens is 285 g/mol. The maximum atomic E-state index is 12.8. The van der Waals surface area contributed by atoms with Crippen LogP contribution in [0.5, 0.6) is 0 Å². The minimum atomic E-state index is -4.48. The molecule has 1 unspecified atom stereocenters. The first-order valence-electron chi connectivity index (χ1n) is 6.54. The molecule has 0 spiro atoms. The fourth-order valence-corrected chi connectivity index (χ4v) is 2.23. The summed E-state index contributed by atoms with van der Waals surface area (Å²) in [6.45, 7) is 2.69. The van der Waals surface area contributed by atoms with Gasteiger partial charge in [-0.15, -0.1) is 0 Å². The highest BCUT2D eigenvalue weighted by molar-refractivity contribution is 6.00. The Balaban J connectivity index is 2.30. The number of nitrogens with one attached hydrogen (secondary N) is 2. The standard InChI is InChI=1S/C14H17F3N2O2/c1-13(5-6-21-8-13)19-12(20)10-7-9(14(15,16)17)3-4-11(10)18-2/h3-4,7,18H,5-6,8H2,1-2H3,(H,19,20). The van der Waals surface area contributed by atoms with Gasteiger partial charge in [-0.05, 0) is 31.5 Å². The number of halogens is 3. The molecular formula is C14H17F3N2O2. The Labute approximate surface area is 120 Å². The van der Waals surface area contributed by atoms with E-state index in [2.05, 4.69) is 10.6 Å². The summed E-state index contributed by atoms with van der Waals surface area (Å²) in [5, 5.41) is 5.49. The molecule has 1 atom stereocenters. The summed E-state index contributed by atoms with van der Waals surface area (Å²) in [5.74, 6) is -0.543. The van der Waals surface area contributed by atoms with E-state index < -0.39 is 23.2 Å². The van der Waals surface area contributed by atoms with Crippen molar-refractivity contribution >= 4 is 11.6 Å². The number of anilines is 1. The van der Waals surface area contributed by atoms with Crippen molar-refractivity contribution in [3.05, 3.63) is 29.3 Å². The number of rotatable bonds is 3. The number of carbonyl (C=O) groups excluding carboxylic acids is 1. The summed E-state index contributed by atoms with van der Waals surface area (Å²) in [6.07, 6.45) is -3.85. The van der Waals surface area contributed by atoms with Gasteiger partial charge in [-0.1, -0.05) is 0 Å². The molecule has 2 rings (SSSR count). The minimum absolute atomic E-state index is 0.0274. The van der Waals surface area contributed by atoms with E-state index in [0.717, 1.165) is 12.1 Å². The van der Waals surface area contributed by atoms with Crippen molar-refractivity contribution in [3.8, 4) is 0 Å². The Hall–Kier alpha value is -1.76. The van der Waals surface area contributed by atoms with E-state index in [1.165, 1.54) is 6.07 Å². The van der Waals surface area contributed by atoms with Crippen LogP contribution in [0.2, 0.25) is 0 Å². The number of alkyl halides is 3. The van der Waals surface area contributed by atoms with E-state index in [0.29, 0.717) is 25.3 Å². The summed E-state index contributed by atoms with van der Waals surface area (Å²) in [4.78, 5) is 12.3. The molecule has 1 amide bonds. The molecule has 2 N–H and O–H groups in total. The second kappa shape index (κ2) is 5.55. The van der Waals surface area contributed by atoms with E-state index in [9.17, 15) is 18.0 Å². The lowest BCUT2D eigenvalue weighted by Crippen LogP contribution is -2.46. The summed E-state index contributed by atoms with van der Waals surface area (Å²) in [5.41, 5.74) is -1.07. The molecule has 0 aromatic heterocycles. The number of hydrogen-bond acceptors (Lipinski definition) is 3.